The molecule has 2 aliphatic carbocycles. The van der Waals surface area contributed by atoms with Crippen LogP contribution >= 0.6 is 0 Å². The number of nitrogens with zero attached hydrogens (tertiary/aromatic N) is 4. The molecule has 2 atom stereocenters. The van der Waals surface area contributed by atoms with Gasteiger partial charge >= 0.3 is 0 Å². The largest absolute Gasteiger partial charge is 0.354 e. The second-order valence-corrected chi connectivity index (χ2v) is 7.14. The molecule has 2 saturated carbocycles. The van der Waals surface area contributed by atoms with E-state index in [2.05, 4.69) is 31.1 Å². The minimum atomic E-state index is 0.117. The Kier molecular flexibility index (Phi) is 5.55. The second-order valence-electron chi connectivity index (χ2n) is 7.14. The molecular weight excluding hydrogens is 318 g/mol. The highest BCUT2D eigenvalue weighted by molar-refractivity contribution is 5.81. The van der Waals surface area contributed by atoms with E-state index in [4.69, 9.17) is 0 Å². The number of rotatable bonds is 5. The second kappa shape index (κ2) is 7.84. The summed E-state index contributed by atoms with van der Waals surface area (Å²) in [5.41, 5.74) is 0. The molecule has 3 N–H and O–H groups in total. The minimum Gasteiger partial charge on any atom is -0.354 e. The first-order chi connectivity index (χ1) is 12.1. The number of guanidine groups is 1. The van der Waals surface area contributed by atoms with Crippen molar-refractivity contribution in [2.75, 3.05) is 7.05 Å². The summed E-state index contributed by atoms with van der Waals surface area (Å²) < 4.78 is 1.96. The van der Waals surface area contributed by atoms with Crippen molar-refractivity contribution in [1.29, 1.82) is 0 Å². The zero-order valence-electron chi connectivity index (χ0n) is 15.4. The predicted molar refractivity (Wildman–Crippen MR) is 96.0 cm³/mol. The fraction of sp³-hybridized carbons (Fsp3) is 0.765. The smallest absolute Gasteiger partial charge is 0.223 e. The lowest BCUT2D eigenvalue weighted by molar-refractivity contribution is -0.126. The van der Waals surface area contributed by atoms with Crippen molar-refractivity contribution in [3.8, 4) is 0 Å². The lowest BCUT2D eigenvalue weighted by Gasteiger charge is -2.30. The molecule has 138 valence electrons. The highest BCUT2D eigenvalue weighted by Crippen LogP contribution is 2.26. The highest BCUT2D eigenvalue weighted by Gasteiger charge is 2.31. The van der Waals surface area contributed by atoms with E-state index in [1.165, 1.54) is 0 Å². The van der Waals surface area contributed by atoms with Gasteiger partial charge < -0.3 is 20.5 Å². The van der Waals surface area contributed by atoms with E-state index >= 15 is 0 Å². The van der Waals surface area contributed by atoms with Gasteiger partial charge in [0.1, 0.15) is 5.82 Å². The van der Waals surface area contributed by atoms with Gasteiger partial charge in [-0.25, -0.2) is 0 Å². The van der Waals surface area contributed by atoms with Gasteiger partial charge in [-0.05, 0) is 39.0 Å². The van der Waals surface area contributed by atoms with Crippen LogP contribution in [0.2, 0.25) is 0 Å². The quantitative estimate of drug-likeness (QED) is 0.536. The van der Waals surface area contributed by atoms with E-state index in [0.717, 1.165) is 56.1 Å². The van der Waals surface area contributed by atoms with Gasteiger partial charge in [0.15, 0.2) is 11.8 Å². The summed E-state index contributed by atoms with van der Waals surface area (Å²) in [6, 6.07) is 0.709. The monoisotopic (exact) mass is 347 g/mol. The van der Waals surface area contributed by atoms with Gasteiger partial charge in [0.05, 0.1) is 6.54 Å². The molecule has 0 aromatic carbocycles. The van der Waals surface area contributed by atoms with Gasteiger partial charge in [-0.2, -0.15) is 0 Å². The van der Waals surface area contributed by atoms with Crippen LogP contribution < -0.4 is 16.0 Å². The molecule has 8 heteroatoms. The predicted octanol–water partition coefficient (Wildman–Crippen LogP) is 0.626. The van der Waals surface area contributed by atoms with E-state index in [1.54, 1.807) is 7.05 Å². The zero-order valence-corrected chi connectivity index (χ0v) is 15.4. The van der Waals surface area contributed by atoms with Crippen LogP contribution in [0.15, 0.2) is 4.99 Å². The number of hydrogen-bond donors (Lipinski definition) is 3. The SMILES string of the molecule is CN=C(NCc1nnc(C)n1C)NC1CCCC(C(=O)NC2CC2)C1. The summed E-state index contributed by atoms with van der Waals surface area (Å²) >= 11 is 0. The van der Waals surface area contributed by atoms with Crippen molar-refractivity contribution in [2.45, 2.75) is 64.1 Å². The summed E-state index contributed by atoms with van der Waals surface area (Å²) in [4.78, 5) is 16.6. The molecule has 0 bridgehead atoms. The first-order valence-electron chi connectivity index (χ1n) is 9.19. The summed E-state index contributed by atoms with van der Waals surface area (Å²) in [5.74, 6) is 2.84. The number of hydrogen-bond acceptors (Lipinski definition) is 4. The van der Waals surface area contributed by atoms with E-state index in [-0.39, 0.29) is 17.9 Å². The Morgan fingerprint density at radius 1 is 1.20 bits per heavy atom. The van der Waals surface area contributed by atoms with E-state index in [9.17, 15) is 4.79 Å². The Bertz CT molecular complexity index is 635. The van der Waals surface area contributed by atoms with Crippen LogP contribution in [0.5, 0.6) is 0 Å². The van der Waals surface area contributed by atoms with Crippen molar-refractivity contribution < 1.29 is 4.79 Å². The normalized spacial score (nSPS) is 24.0. The van der Waals surface area contributed by atoms with Crippen LogP contribution in [0.3, 0.4) is 0 Å². The van der Waals surface area contributed by atoms with Crippen LogP contribution in [-0.2, 0) is 18.4 Å². The molecule has 1 aromatic rings. The molecule has 2 aliphatic rings. The van der Waals surface area contributed by atoms with Crippen LogP contribution in [0.4, 0.5) is 0 Å². The van der Waals surface area contributed by atoms with Gasteiger partial charge in [-0.15, -0.1) is 10.2 Å². The zero-order chi connectivity index (χ0) is 17.8. The van der Waals surface area contributed by atoms with Crippen molar-refractivity contribution in [3.05, 3.63) is 11.6 Å². The topological polar surface area (TPSA) is 96.2 Å². The maximum atomic E-state index is 12.3. The average Bonchev–Trinajstić information content (AvgIpc) is 3.38. The Hall–Kier alpha value is -2.12. The molecule has 25 heavy (non-hydrogen) atoms. The fourth-order valence-electron chi connectivity index (χ4n) is 3.26. The van der Waals surface area contributed by atoms with E-state index in [0.29, 0.717) is 12.6 Å². The molecule has 3 rings (SSSR count). The molecule has 1 amide bonds. The van der Waals surface area contributed by atoms with Crippen LogP contribution in [-0.4, -0.2) is 45.8 Å². The molecule has 1 heterocycles. The van der Waals surface area contributed by atoms with Gasteiger partial charge in [0.2, 0.25) is 5.91 Å². The third kappa shape index (κ3) is 4.70. The first-order valence-corrected chi connectivity index (χ1v) is 9.19. The van der Waals surface area contributed by atoms with Crippen molar-refractivity contribution in [3.63, 3.8) is 0 Å². The Balaban J connectivity index is 1.48. The van der Waals surface area contributed by atoms with Gasteiger partial charge in [-0.3, -0.25) is 9.79 Å². The number of carbonyl (C=O) groups is 1. The summed E-state index contributed by atoms with van der Waals surface area (Å²) in [7, 11) is 3.71. The number of aryl methyl sites for hydroxylation is 1. The Morgan fingerprint density at radius 3 is 2.64 bits per heavy atom. The maximum absolute atomic E-state index is 12.3. The molecule has 0 spiro atoms. The minimum absolute atomic E-state index is 0.117. The van der Waals surface area contributed by atoms with Crippen molar-refractivity contribution in [1.82, 2.24) is 30.7 Å². The van der Waals surface area contributed by atoms with Crippen LogP contribution in [0.1, 0.15) is 50.2 Å². The van der Waals surface area contributed by atoms with Crippen LogP contribution in [0.25, 0.3) is 0 Å². The van der Waals surface area contributed by atoms with Gasteiger partial charge in [-0.1, -0.05) is 6.42 Å². The molecule has 1 aromatic heterocycles. The molecule has 2 fully saturated rings. The number of amides is 1. The standard InChI is InChI=1S/C17H29N7O/c1-11-22-23-15(24(11)3)10-19-17(18-2)21-14-6-4-5-12(9-14)16(25)20-13-7-8-13/h12-14H,4-10H2,1-3H3,(H,20,25)(H2,18,19,21). The average molecular weight is 347 g/mol. The molecule has 0 radical (unpaired) electrons. The number of aromatic nitrogens is 3. The number of aliphatic imine (C=N–C) groups is 1. The lowest BCUT2D eigenvalue weighted by atomic mass is 9.85. The van der Waals surface area contributed by atoms with Crippen LogP contribution in [0, 0.1) is 12.8 Å². The molecular formula is C17H29N7O. The van der Waals surface area contributed by atoms with E-state index in [1.807, 2.05) is 18.5 Å². The first kappa shape index (κ1) is 17.7. The van der Waals surface area contributed by atoms with E-state index < -0.39 is 0 Å². The maximum Gasteiger partial charge on any atom is 0.223 e. The third-order valence-electron chi connectivity index (χ3n) is 5.13. The number of carbonyl (C=O) groups excluding carboxylic acids is 1. The Labute approximate surface area is 148 Å². The third-order valence-corrected chi connectivity index (χ3v) is 5.13. The lowest BCUT2D eigenvalue weighted by Crippen LogP contribution is -2.47. The summed E-state index contributed by atoms with van der Waals surface area (Å²) in [6.45, 7) is 2.49. The van der Waals surface area contributed by atoms with Crippen molar-refractivity contribution in [2.24, 2.45) is 18.0 Å². The highest BCUT2D eigenvalue weighted by atomic mass is 16.2. The summed E-state index contributed by atoms with van der Waals surface area (Å²) in [5, 5.41) is 18.1. The van der Waals surface area contributed by atoms with Gasteiger partial charge in [0.25, 0.3) is 0 Å². The fourth-order valence-corrected chi connectivity index (χ4v) is 3.26. The Morgan fingerprint density at radius 2 is 2.00 bits per heavy atom. The molecule has 2 unspecified atom stereocenters. The van der Waals surface area contributed by atoms with Crippen molar-refractivity contribution >= 4 is 11.9 Å². The van der Waals surface area contributed by atoms with Gasteiger partial charge in [0, 0.05) is 32.1 Å². The summed E-state index contributed by atoms with van der Waals surface area (Å²) in [6.07, 6.45) is 6.26. The molecule has 0 aliphatic heterocycles. The number of nitrogens with one attached hydrogen (secondary N) is 3. The molecule has 0 saturated heterocycles. The molecule has 8 nitrogen and oxygen atoms in total.